The van der Waals surface area contributed by atoms with Crippen LogP contribution in [0.15, 0.2) is 42.7 Å². The first-order valence-electron chi connectivity index (χ1n) is 6.06. The Morgan fingerprint density at radius 2 is 1.85 bits per heavy atom. The maximum absolute atomic E-state index is 11.9. The van der Waals surface area contributed by atoms with Crippen molar-refractivity contribution in [3.8, 4) is 0 Å². The number of anilines is 1. The minimum absolute atomic E-state index is 0.288. The highest BCUT2D eigenvalue weighted by atomic mass is 16.5. The molecule has 0 bridgehead atoms. The molecular weight excluding hydrogens is 258 g/mol. The molecule has 0 atom stereocenters. The third-order valence-corrected chi connectivity index (χ3v) is 2.50. The van der Waals surface area contributed by atoms with Crippen molar-refractivity contribution in [3.63, 3.8) is 0 Å². The van der Waals surface area contributed by atoms with E-state index in [2.05, 4.69) is 15.5 Å². The number of aromatic nitrogens is 2. The molecule has 0 saturated carbocycles. The highest BCUT2D eigenvalue weighted by molar-refractivity contribution is 6.04. The van der Waals surface area contributed by atoms with Crippen LogP contribution in [-0.4, -0.2) is 28.7 Å². The van der Waals surface area contributed by atoms with Crippen LogP contribution < -0.4 is 5.32 Å². The van der Waals surface area contributed by atoms with Crippen molar-refractivity contribution in [2.24, 2.45) is 0 Å². The van der Waals surface area contributed by atoms with E-state index in [0.717, 1.165) is 0 Å². The standard InChI is InChI=1S/C14H13N3O3/c1-2-20-14(19)10-3-5-12(6-4-10)17-13(18)11-7-8-15-16-9-11/h3-9H,2H2,1H3,(H,17,18). The molecule has 0 saturated heterocycles. The summed E-state index contributed by atoms with van der Waals surface area (Å²) in [6.45, 7) is 2.07. The summed E-state index contributed by atoms with van der Waals surface area (Å²) in [4.78, 5) is 23.3. The molecule has 20 heavy (non-hydrogen) atoms. The van der Waals surface area contributed by atoms with E-state index >= 15 is 0 Å². The van der Waals surface area contributed by atoms with Crippen LogP contribution >= 0.6 is 0 Å². The second-order valence-corrected chi connectivity index (χ2v) is 3.88. The predicted molar refractivity (Wildman–Crippen MR) is 72.4 cm³/mol. The molecule has 2 aromatic rings. The van der Waals surface area contributed by atoms with Gasteiger partial charge in [-0.2, -0.15) is 10.2 Å². The van der Waals surface area contributed by atoms with Gasteiger partial charge in [-0.15, -0.1) is 0 Å². The lowest BCUT2D eigenvalue weighted by atomic mass is 10.2. The topological polar surface area (TPSA) is 81.2 Å². The van der Waals surface area contributed by atoms with Gasteiger partial charge in [-0.05, 0) is 37.3 Å². The minimum Gasteiger partial charge on any atom is -0.462 e. The quantitative estimate of drug-likeness (QED) is 0.859. The highest BCUT2D eigenvalue weighted by Gasteiger charge is 2.08. The molecule has 6 heteroatoms. The van der Waals surface area contributed by atoms with Crippen LogP contribution in [0.2, 0.25) is 0 Å². The van der Waals surface area contributed by atoms with Crippen LogP contribution in [0.3, 0.4) is 0 Å². The fourth-order valence-corrected chi connectivity index (χ4v) is 1.53. The smallest absolute Gasteiger partial charge is 0.338 e. The number of hydrogen-bond donors (Lipinski definition) is 1. The van der Waals surface area contributed by atoms with Crippen LogP contribution in [0, 0.1) is 0 Å². The number of rotatable bonds is 4. The van der Waals surface area contributed by atoms with Gasteiger partial charge in [0, 0.05) is 5.69 Å². The molecule has 2 rings (SSSR count). The zero-order chi connectivity index (χ0) is 14.4. The first-order chi connectivity index (χ1) is 9.70. The van der Waals surface area contributed by atoms with Gasteiger partial charge < -0.3 is 10.1 Å². The van der Waals surface area contributed by atoms with Gasteiger partial charge in [0.15, 0.2) is 0 Å². The van der Waals surface area contributed by atoms with Crippen LogP contribution in [0.5, 0.6) is 0 Å². The second-order valence-electron chi connectivity index (χ2n) is 3.88. The number of hydrogen-bond acceptors (Lipinski definition) is 5. The number of ether oxygens (including phenoxy) is 1. The van der Waals surface area contributed by atoms with Gasteiger partial charge in [0.05, 0.1) is 30.1 Å². The molecule has 0 aliphatic rings. The zero-order valence-corrected chi connectivity index (χ0v) is 10.9. The summed E-state index contributed by atoms with van der Waals surface area (Å²) in [5.41, 5.74) is 1.43. The van der Waals surface area contributed by atoms with Crippen molar-refractivity contribution in [2.45, 2.75) is 6.92 Å². The molecule has 1 aromatic carbocycles. The van der Waals surface area contributed by atoms with Crippen molar-refractivity contribution < 1.29 is 14.3 Å². The van der Waals surface area contributed by atoms with Crippen molar-refractivity contribution in [2.75, 3.05) is 11.9 Å². The largest absolute Gasteiger partial charge is 0.462 e. The van der Waals surface area contributed by atoms with Gasteiger partial charge in [-0.3, -0.25) is 4.79 Å². The predicted octanol–water partition coefficient (Wildman–Crippen LogP) is 1.91. The minimum atomic E-state index is -0.385. The van der Waals surface area contributed by atoms with Crippen LogP contribution in [-0.2, 0) is 4.74 Å². The highest BCUT2D eigenvalue weighted by Crippen LogP contribution is 2.11. The van der Waals surface area contributed by atoms with Crippen molar-refractivity contribution in [1.82, 2.24) is 10.2 Å². The van der Waals surface area contributed by atoms with Crippen molar-refractivity contribution >= 4 is 17.6 Å². The second kappa shape index (κ2) is 6.42. The molecule has 1 amide bonds. The number of nitrogens with zero attached hydrogens (tertiary/aromatic N) is 2. The Morgan fingerprint density at radius 1 is 1.10 bits per heavy atom. The SMILES string of the molecule is CCOC(=O)c1ccc(NC(=O)c2ccnnc2)cc1. The van der Waals surface area contributed by atoms with Crippen LogP contribution in [0.1, 0.15) is 27.6 Å². The lowest BCUT2D eigenvalue weighted by molar-refractivity contribution is 0.0526. The molecule has 1 aromatic heterocycles. The molecule has 1 N–H and O–H groups in total. The Kier molecular flexibility index (Phi) is 4.39. The number of esters is 1. The number of benzene rings is 1. The Labute approximate surface area is 115 Å². The fraction of sp³-hybridized carbons (Fsp3) is 0.143. The van der Waals surface area contributed by atoms with E-state index in [1.165, 1.54) is 12.4 Å². The normalized spacial score (nSPS) is 9.85. The van der Waals surface area contributed by atoms with E-state index in [4.69, 9.17) is 4.74 Å². The monoisotopic (exact) mass is 271 g/mol. The van der Waals surface area contributed by atoms with E-state index in [0.29, 0.717) is 23.4 Å². The van der Waals surface area contributed by atoms with Crippen LogP contribution in [0.25, 0.3) is 0 Å². The third kappa shape index (κ3) is 3.38. The fourth-order valence-electron chi connectivity index (χ4n) is 1.53. The lowest BCUT2D eigenvalue weighted by Gasteiger charge is -2.06. The third-order valence-electron chi connectivity index (χ3n) is 2.50. The number of carbonyl (C=O) groups excluding carboxylic acids is 2. The molecule has 0 fully saturated rings. The Morgan fingerprint density at radius 3 is 2.45 bits per heavy atom. The maximum atomic E-state index is 11.9. The van der Waals surface area contributed by atoms with Gasteiger partial charge in [0.25, 0.3) is 5.91 Å². The van der Waals surface area contributed by atoms with E-state index in [1.54, 1.807) is 37.3 Å². The summed E-state index contributed by atoms with van der Waals surface area (Å²) >= 11 is 0. The molecule has 102 valence electrons. The van der Waals surface area contributed by atoms with Gasteiger partial charge in [0.1, 0.15) is 0 Å². The molecule has 0 radical (unpaired) electrons. The van der Waals surface area contributed by atoms with E-state index in [1.807, 2.05) is 0 Å². The average Bonchev–Trinajstić information content (AvgIpc) is 2.49. The lowest BCUT2D eigenvalue weighted by Crippen LogP contribution is -2.12. The van der Waals surface area contributed by atoms with E-state index in [-0.39, 0.29) is 11.9 Å². The Balaban J connectivity index is 2.04. The Bertz CT molecular complexity index is 597. The van der Waals surface area contributed by atoms with Gasteiger partial charge in [-0.25, -0.2) is 4.79 Å². The molecule has 0 spiro atoms. The maximum Gasteiger partial charge on any atom is 0.338 e. The van der Waals surface area contributed by atoms with E-state index in [9.17, 15) is 9.59 Å². The Hall–Kier alpha value is -2.76. The van der Waals surface area contributed by atoms with Crippen molar-refractivity contribution in [1.29, 1.82) is 0 Å². The summed E-state index contributed by atoms with van der Waals surface area (Å²) in [5, 5.41) is 9.93. The number of amides is 1. The average molecular weight is 271 g/mol. The molecule has 6 nitrogen and oxygen atoms in total. The summed E-state index contributed by atoms with van der Waals surface area (Å²) in [7, 11) is 0. The first kappa shape index (κ1) is 13.7. The van der Waals surface area contributed by atoms with Gasteiger partial charge in [0.2, 0.25) is 0 Å². The summed E-state index contributed by atoms with van der Waals surface area (Å²) in [6, 6.07) is 8.03. The van der Waals surface area contributed by atoms with Crippen LogP contribution in [0.4, 0.5) is 5.69 Å². The zero-order valence-electron chi connectivity index (χ0n) is 10.9. The molecule has 0 aliphatic heterocycles. The first-order valence-corrected chi connectivity index (χ1v) is 6.06. The summed E-state index contributed by atoms with van der Waals surface area (Å²) < 4.78 is 4.88. The molecule has 1 heterocycles. The number of nitrogens with one attached hydrogen (secondary N) is 1. The summed E-state index contributed by atoms with van der Waals surface area (Å²) in [6.07, 6.45) is 2.82. The van der Waals surface area contributed by atoms with E-state index < -0.39 is 0 Å². The van der Waals surface area contributed by atoms with Gasteiger partial charge >= 0.3 is 5.97 Å². The molecular formula is C14H13N3O3. The van der Waals surface area contributed by atoms with Gasteiger partial charge in [-0.1, -0.05) is 0 Å². The molecule has 0 unspecified atom stereocenters. The number of carbonyl (C=O) groups is 2. The molecule has 0 aliphatic carbocycles. The van der Waals surface area contributed by atoms with Crippen molar-refractivity contribution in [3.05, 3.63) is 53.9 Å². The summed E-state index contributed by atoms with van der Waals surface area (Å²) in [5.74, 6) is -0.674.